The summed E-state index contributed by atoms with van der Waals surface area (Å²) in [6.45, 7) is 1.30. The summed E-state index contributed by atoms with van der Waals surface area (Å²) in [5.41, 5.74) is -0.748. The first-order chi connectivity index (χ1) is 9.99. The number of aromatic nitrogens is 1. The van der Waals surface area contributed by atoms with Crippen LogP contribution in [0.25, 0.3) is 0 Å². The largest absolute Gasteiger partial charge is 0.478 e. The Morgan fingerprint density at radius 1 is 1.43 bits per heavy atom. The molecule has 21 heavy (non-hydrogen) atoms. The fraction of sp³-hybridized carbons (Fsp3) is 0.417. The van der Waals surface area contributed by atoms with Crippen molar-refractivity contribution in [3.8, 4) is 0 Å². The topological polar surface area (TPSA) is 126 Å². The fourth-order valence-electron chi connectivity index (χ4n) is 2.10. The molecule has 0 spiro atoms. The van der Waals surface area contributed by atoms with E-state index in [4.69, 9.17) is 5.11 Å². The van der Waals surface area contributed by atoms with E-state index in [-0.39, 0.29) is 23.8 Å². The number of hydrogen-bond donors (Lipinski definition) is 2. The maximum absolute atomic E-state index is 11.9. The number of aromatic carboxylic acids is 1. The van der Waals surface area contributed by atoms with E-state index in [0.717, 1.165) is 25.1 Å². The number of hydrogen-bond acceptors (Lipinski definition) is 6. The van der Waals surface area contributed by atoms with Crippen LogP contribution < -0.4 is 5.32 Å². The van der Waals surface area contributed by atoms with Crippen molar-refractivity contribution in [2.45, 2.75) is 12.8 Å². The van der Waals surface area contributed by atoms with Gasteiger partial charge in [-0.15, -0.1) is 0 Å². The Morgan fingerprint density at radius 3 is 2.67 bits per heavy atom. The Kier molecular flexibility index (Phi) is 4.31. The molecule has 2 N–H and O–H groups in total. The van der Waals surface area contributed by atoms with Crippen molar-refractivity contribution in [1.29, 1.82) is 0 Å². The van der Waals surface area contributed by atoms with Crippen molar-refractivity contribution in [1.82, 2.24) is 9.88 Å². The maximum atomic E-state index is 11.9. The van der Waals surface area contributed by atoms with Gasteiger partial charge in [0.15, 0.2) is 0 Å². The SMILES string of the molecule is O=C(O)c1cc([N+](=O)[O-])cnc1NCC(=O)N1CCCC1. The second kappa shape index (κ2) is 6.16. The zero-order valence-corrected chi connectivity index (χ0v) is 11.1. The van der Waals surface area contributed by atoms with Crippen molar-refractivity contribution >= 4 is 23.4 Å². The number of anilines is 1. The third-order valence-corrected chi connectivity index (χ3v) is 3.18. The Morgan fingerprint density at radius 2 is 2.10 bits per heavy atom. The van der Waals surface area contributed by atoms with Crippen molar-refractivity contribution in [3.63, 3.8) is 0 Å². The van der Waals surface area contributed by atoms with E-state index in [1.807, 2.05) is 0 Å². The fourth-order valence-corrected chi connectivity index (χ4v) is 2.10. The van der Waals surface area contributed by atoms with E-state index in [1.165, 1.54) is 0 Å². The normalized spacial score (nSPS) is 14.0. The molecule has 0 radical (unpaired) electrons. The van der Waals surface area contributed by atoms with Crippen LogP contribution >= 0.6 is 0 Å². The zero-order valence-electron chi connectivity index (χ0n) is 11.1. The molecule has 1 amide bonds. The van der Waals surface area contributed by atoms with Gasteiger partial charge >= 0.3 is 5.97 Å². The van der Waals surface area contributed by atoms with E-state index >= 15 is 0 Å². The van der Waals surface area contributed by atoms with Gasteiger partial charge in [-0.05, 0) is 12.8 Å². The molecule has 0 bridgehead atoms. The maximum Gasteiger partial charge on any atom is 0.339 e. The number of amides is 1. The molecule has 1 aromatic rings. The number of nitrogens with one attached hydrogen (secondary N) is 1. The first kappa shape index (κ1) is 14.7. The average Bonchev–Trinajstić information content (AvgIpc) is 2.98. The van der Waals surface area contributed by atoms with Crippen LogP contribution in [-0.2, 0) is 4.79 Å². The highest BCUT2D eigenvalue weighted by Crippen LogP contribution is 2.19. The van der Waals surface area contributed by atoms with Gasteiger partial charge in [0.25, 0.3) is 5.69 Å². The molecule has 1 fully saturated rings. The average molecular weight is 294 g/mol. The second-order valence-electron chi connectivity index (χ2n) is 4.59. The van der Waals surface area contributed by atoms with Gasteiger partial charge in [-0.2, -0.15) is 0 Å². The number of pyridine rings is 1. The Hall–Kier alpha value is -2.71. The number of nitro groups is 1. The number of likely N-dealkylation sites (tertiary alicyclic amines) is 1. The molecule has 2 heterocycles. The van der Waals surface area contributed by atoms with Crippen molar-refractivity contribution in [2.75, 3.05) is 25.0 Å². The lowest BCUT2D eigenvalue weighted by atomic mass is 10.2. The number of carboxylic acids is 1. The molecule has 0 atom stereocenters. The van der Waals surface area contributed by atoms with Crippen molar-refractivity contribution in [2.24, 2.45) is 0 Å². The summed E-state index contributed by atoms with van der Waals surface area (Å²) < 4.78 is 0. The Bertz CT molecular complexity index is 583. The lowest BCUT2D eigenvalue weighted by molar-refractivity contribution is -0.385. The van der Waals surface area contributed by atoms with E-state index in [2.05, 4.69) is 10.3 Å². The minimum absolute atomic E-state index is 0.0550. The number of carbonyl (C=O) groups is 2. The van der Waals surface area contributed by atoms with E-state index < -0.39 is 16.6 Å². The molecule has 1 saturated heterocycles. The molecule has 2 rings (SSSR count). The molecule has 0 aromatic carbocycles. The standard InChI is InChI=1S/C12H14N4O5/c17-10(15-3-1-2-4-15)7-14-11-9(12(18)19)5-8(6-13-11)16(20)21/h5-6H,1-4,7H2,(H,13,14)(H,18,19). The zero-order chi connectivity index (χ0) is 15.4. The van der Waals surface area contributed by atoms with Gasteiger partial charge < -0.3 is 15.3 Å². The number of nitrogens with zero attached hydrogens (tertiary/aromatic N) is 3. The first-order valence-electron chi connectivity index (χ1n) is 6.38. The first-order valence-corrected chi connectivity index (χ1v) is 6.38. The van der Waals surface area contributed by atoms with Crippen molar-refractivity contribution < 1.29 is 19.6 Å². The molecule has 0 saturated carbocycles. The predicted octanol–water partition coefficient (Wildman–Crippen LogP) is 0.722. The summed E-state index contributed by atoms with van der Waals surface area (Å²) in [7, 11) is 0. The summed E-state index contributed by atoms with van der Waals surface area (Å²) in [6, 6.07) is 0.915. The molecule has 112 valence electrons. The third-order valence-electron chi connectivity index (χ3n) is 3.18. The Balaban J connectivity index is 2.10. The van der Waals surface area contributed by atoms with Gasteiger partial charge in [0.1, 0.15) is 17.6 Å². The number of carboxylic acid groups (broad SMARTS) is 1. The smallest absolute Gasteiger partial charge is 0.339 e. The van der Waals surface area contributed by atoms with E-state index in [0.29, 0.717) is 13.1 Å². The van der Waals surface area contributed by atoms with Gasteiger partial charge in [-0.1, -0.05) is 0 Å². The van der Waals surface area contributed by atoms with Crippen molar-refractivity contribution in [3.05, 3.63) is 27.9 Å². The molecular formula is C12H14N4O5. The lowest BCUT2D eigenvalue weighted by Gasteiger charge is -2.16. The minimum atomic E-state index is -1.35. The summed E-state index contributed by atoms with van der Waals surface area (Å²) in [5, 5.41) is 22.3. The second-order valence-corrected chi connectivity index (χ2v) is 4.59. The molecule has 1 aromatic heterocycles. The van der Waals surface area contributed by atoms with Gasteiger partial charge in [0.05, 0.1) is 11.5 Å². The summed E-state index contributed by atoms with van der Waals surface area (Å²) in [4.78, 5) is 38.2. The number of carbonyl (C=O) groups excluding carboxylic acids is 1. The highest BCUT2D eigenvalue weighted by Gasteiger charge is 2.20. The minimum Gasteiger partial charge on any atom is -0.478 e. The molecule has 9 nitrogen and oxygen atoms in total. The lowest BCUT2D eigenvalue weighted by Crippen LogP contribution is -2.33. The van der Waals surface area contributed by atoms with Gasteiger partial charge in [-0.25, -0.2) is 9.78 Å². The highest BCUT2D eigenvalue weighted by molar-refractivity contribution is 5.94. The molecule has 1 aliphatic heterocycles. The summed E-state index contributed by atoms with van der Waals surface area (Å²) >= 11 is 0. The molecule has 0 aliphatic carbocycles. The molecule has 1 aliphatic rings. The third kappa shape index (κ3) is 3.44. The summed E-state index contributed by atoms with van der Waals surface area (Å²) in [5.74, 6) is -1.55. The number of rotatable bonds is 5. The van der Waals surface area contributed by atoms with Gasteiger partial charge in [-0.3, -0.25) is 14.9 Å². The van der Waals surface area contributed by atoms with Crippen LogP contribution in [0.15, 0.2) is 12.3 Å². The molecule has 0 unspecified atom stereocenters. The van der Waals surface area contributed by atoms with E-state index in [9.17, 15) is 19.7 Å². The van der Waals surface area contributed by atoms with Crippen LogP contribution in [0.5, 0.6) is 0 Å². The van der Waals surface area contributed by atoms with Crippen LogP contribution in [0.4, 0.5) is 11.5 Å². The molecule has 9 heteroatoms. The van der Waals surface area contributed by atoms with Gasteiger partial charge in [0.2, 0.25) is 5.91 Å². The quantitative estimate of drug-likeness (QED) is 0.605. The van der Waals surface area contributed by atoms with Crippen LogP contribution in [-0.4, -0.2) is 51.4 Å². The van der Waals surface area contributed by atoms with Gasteiger partial charge in [0, 0.05) is 19.2 Å². The van der Waals surface area contributed by atoms with Crippen LogP contribution in [0.1, 0.15) is 23.2 Å². The monoisotopic (exact) mass is 294 g/mol. The Labute approximate surface area is 119 Å². The van der Waals surface area contributed by atoms with E-state index in [1.54, 1.807) is 4.90 Å². The van der Waals surface area contributed by atoms with Crippen LogP contribution in [0.2, 0.25) is 0 Å². The van der Waals surface area contributed by atoms with Crippen LogP contribution in [0, 0.1) is 10.1 Å². The highest BCUT2D eigenvalue weighted by atomic mass is 16.6. The molecular weight excluding hydrogens is 280 g/mol. The van der Waals surface area contributed by atoms with Crippen LogP contribution in [0.3, 0.4) is 0 Å². The predicted molar refractivity (Wildman–Crippen MR) is 72.2 cm³/mol. The summed E-state index contributed by atoms with van der Waals surface area (Å²) in [6.07, 6.45) is 2.87.